The molecular weight excluding hydrogens is 412 g/mol. The first-order valence-corrected chi connectivity index (χ1v) is 10.9. The summed E-state index contributed by atoms with van der Waals surface area (Å²) in [4.78, 5) is 13.6. The summed E-state index contributed by atoms with van der Waals surface area (Å²) in [6.45, 7) is 7.04. The zero-order chi connectivity index (χ0) is 23.6. The zero-order valence-corrected chi connectivity index (χ0v) is 19.4. The summed E-state index contributed by atoms with van der Waals surface area (Å²) in [5.74, 6) is -0.484. The van der Waals surface area contributed by atoms with Crippen LogP contribution >= 0.6 is 0 Å². The van der Waals surface area contributed by atoms with E-state index < -0.39 is 17.5 Å². The van der Waals surface area contributed by atoms with Gasteiger partial charge in [0.1, 0.15) is 11.9 Å². The minimum atomic E-state index is -1.22. The molecule has 0 spiro atoms. The summed E-state index contributed by atoms with van der Waals surface area (Å²) in [5.41, 5.74) is 2.82. The molecule has 0 fully saturated rings. The van der Waals surface area contributed by atoms with Crippen LogP contribution in [0.3, 0.4) is 0 Å². The van der Waals surface area contributed by atoms with Crippen molar-refractivity contribution in [1.82, 2.24) is 4.90 Å². The van der Waals surface area contributed by atoms with E-state index in [1.807, 2.05) is 37.9 Å². The molecule has 3 rings (SSSR count). The summed E-state index contributed by atoms with van der Waals surface area (Å²) in [5, 5.41) is 33.4. The number of hydrogen-bond donors (Lipinski definition) is 4. The van der Waals surface area contributed by atoms with Crippen LogP contribution in [-0.2, 0) is 9.53 Å². The van der Waals surface area contributed by atoms with Crippen molar-refractivity contribution < 1.29 is 29.6 Å². The van der Waals surface area contributed by atoms with Crippen LogP contribution in [0.1, 0.15) is 44.2 Å². The lowest BCUT2D eigenvalue weighted by molar-refractivity contribution is -0.133. The molecule has 1 unspecified atom stereocenters. The maximum atomic E-state index is 11.7. The summed E-state index contributed by atoms with van der Waals surface area (Å²) >= 11 is 0. The predicted molar refractivity (Wildman–Crippen MR) is 123 cm³/mol. The first kappa shape index (κ1) is 24.1. The fourth-order valence-electron chi connectivity index (χ4n) is 4.71. The largest absolute Gasteiger partial charge is 0.491 e. The van der Waals surface area contributed by atoms with Gasteiger partial charge in [0, 0.05) is 62.0 Å². The Morgan fingerprint density at radius 2 is 2.00 bits per heavy atom. The number of methoxy groups -OCH3 is 1. The highest BCUT2D eigenvalue weighted by molar-refractivity contribution is 5.91. The minimum absolute atomic E-state index is 0.0435. The number of fused-ring (bicyclic) bond motifs is 3. The lowest BCUT2D eigenvalue weighted by atomic mass is 9.70. The van der Waals surface area contributed by atoms with E-state index in [4.69, 9.17) is 9.47 Å². The highest BCUT2D eigenvalue weighted by atomic mass is 16.5. The molecule has 2 heterocycles. The zero-order valence-electron chi connectivity index (χ0n) is 19.4. The second-order valence-corrected chi connectivity index (χ2v) is 9.05. The molecule has 176 valence electrons. The number of hydrogen-bond acceptors (Lipinski definition) is 7. The van der Waals surface area contributed by atoms with Crippen LogP contribution in [0.5, 0.6) is 5.75 Å². The Hall–Kier alpha value is -2.55. The van der Waals surface area contributed by atoms with Crippen LogP contribution in [0.15, 0.2) is 30.0 Å². The van der Waals surface area contributed by atoms with Crippen molar-refractivity contribution in [2.24, 2.45) is 5.41 Å². The fraction of sp³-hybridized carbons (Fsp3) is 0.542. The van der Waals surface area contributed by atoms with Gasteiger partial charge in [0.05, 0.1) is 24.5 Å². The Bertz CT molecular complexity index is 923. The summed E-state index contributed by atoms with van der Waals surface area (Å²) < 4.78 is 11.1. The molecule has 1 aromatic rings. The molecule has 2 aliphatic rings. The summed E-state index contributed by atoms with van der Waals surface area (Å²) in [6.07, 6.45) is 2.63. The third kappa shape index (κ3) is 4.35. The van der Waals surface area contributed by atoms with Crippen molar-refractivity contribution in [3.63, 3.8) is 0 Å². The van der Waals surface area contributed by atoms with Crippen molar-refractivity contribution in [2.45, 2.75) is 45.3 Å². The second-order valence-electron chi connectivity index (χ2n) is 9.05. The number of carbonyl (C=O) groups is 1. The van der Waals surface area contributed by atoms with E-state index in [9.17, 15) is 20.1 Å². The van der Waals surface area contributed by atoms with Gasteiger partial charge in [-0.05, 0) is 23.8 Å². The second kappa shape index (κ2) is 9.52. The molecule has 3 atom stereocenters. The normalized spacial score (nSPS) is 22.5. The minimum Gasteiger partial charge on any atom is -0.491 e. The lowest BCUT2D eigenvalue weighted by Gasteiger charge is -2.50. The molecule has 8 heteroatoms. The van der Waals surface area contributed by atoms with Gasteiger partial charge in [0.25, 0.3) is 0 Å². The van der Waals surface area contributed by atoms with Gasteiger partial charge >= 0.3 is 5.97 Å². The number of nitrogens with zero attached hydrogens (tertiary/aromatic N) is 1. The summed E-state index contributed by atoms with van der Waals surface area (Å²) in [7, 11) is 3.48. The molecule has 1 aromatic carbocycles. The van der Waals surface area contributed by atoms with Gasteiger partial charge < -0.3 is 35.0 Å². The van der Waals surface area contributed by atoms with Crippen LogP contribution in [0, 0.1) is 5.41 Å². The van der Waals surface area contributed by atoms with Crippen LogP contribution in [0.2, 0.25) is 0 Å². The Balaban J connectivity index is 2.14. The smallest absolute Gasteiger partial charge is 0.336 e. The average molecular weight is 447 g/mol. The number of aliphatic hydroxyl groups is 2. The van der Waals surface area contributed by atoms with E-state index in [0.29, 0.717) is 13.2 Å². The van der Waals surface area contributed by atoms with Gasteiger partial charge in [0.2, 0.25) is 0 Å². The van der Waals surface area contributed by atoms with Crippen molar-refractivity contribution >= 4 is 17.4 Å². The van der Waals surface area contributed by atoms with E-state index in [1.54, 1.807) is 13.2 Å². The van der Waals surface area contributed by atoms with E-state index in [2.05, 4.69) is 12.2 Å². The van der Waals surface area contributed by atoms with Crippen molar-refractivity contribution in [2.75, 3.05) is 39.3 Å². The van der Waals surface area contributed by atoms with Crippen molar-refractivity contribution in [3.05, 3.63) is 41.1 Å². The topological polar surface area (TPSA) is 111 Å². The van der Waals surface area contributed by atoms with Gasteiger partial charge in [0.15, 0.2) is 0 Å². The van der Waals surface area contributed by atoms with Crippen LogP contribution in [-0.4, -0.2) is 72.3 Å². The van der Waals surface area contributed by atoms with Crippen LogP contribution in [0.4, 0.5) is 5.69 Å². The van der Waals surface area contributed by atoms with Gasteiger partial charge in [-0.1, -0.05) is 20.8 Å². The number of aliphatic carboxylic acids is 1. The standard InChI is InChI=1S/C24H34N2O6/c1-14-15-10-21(32-8-6-7-31-5)18(25-4)9-16(15)19-11-20(28)17(23(29)30)12-26(19)22(14)24(2,3)13-27/h9-12,14,20,22,25,27-28H,6-8,13H2,1-5H3,(H,29,30)/t14-,20?,22+/m0/s1. The number of aliphatic hydroxyl groups excluding tert-OH is 2. The Labute approximate surface area is 189 Å². The number of anilines is 1. The Kier molecular flexibility index (Phi) is 7.17. The third-order valence-electron chi connectivity index (χ3n) is 6.36. The molecule has 0 saturated heterocycles. The van der Waals surface area contributed by atoms with Crippen molar-refractivity contribution in [3.8, 4) is 5.75 Å². The van der Waals surface area contributed by atoms with Gasteiger partial charge in [-0.2, -0.15) is 0 Å². The Morgan fingerprint density at radius 3 is 2.59 bits per heavy atom. The van der Waals surface area contributed by atoms with E-state index in [0.717, 1.165) is 34.7 Å². The quantitative estimate of drug-likeness (QED) is 0.429. The number of ether oxygens (including phenoxy) is 2. The highest BCUT2D eigenvalue weighted by Gasteiger charge is 2.45. The van der Waals surface area contributed by atoms with E-state index in [-0.39, 0.29) is 24.1 Å². The molecule has 0 radical (unpaired) electrons. The molecule has 32 heavy (non-hydrogen) atoms. The SMILES string of the molecule is CNc1cc2c(cc1OCCCOC)[C@H](C)[C@H](C(C)(C)CO)N1C=C(C(=O)O)C(O)C=C21. The number of rotatable bonds is 9. The first-order chi connectivity index (χ1) is 15.2. The monoisotopic (exact) mass is 446 g/mol. The van der Waals surface area contributed by atoms with Gasteiger partial charge in [-0.3, -0.25) is 0 Å². The molecule has 8 nitrogen and oxygen atoms in total. The first-order valence-electron chi connectivity index (χ1n) is 10.9. The predicted octanol–water partition coefficient (Wildman–Crippen LogP) is 2.63. The molecule has 4 N–H and O–H groups in total. The molecule has 0 aromatic heterocycles. The number of nitrogens with one attached hydrogen (secondary N) is 1. The molecule has 0 aliphatic carbocycles. The maximum Gasteiger partial charge on any atom is 0.336 e. The highest BCUT2D eigenvalue weighted by Crippen LogP contribution is 2.50. The fourth-order valence-corrected chi connectivity index (χ4v) is 4.71. The number of carboxylic acid groups (broad SMARTS) is 1. The number of carboxylic acids is 1. The average Bonchev–Trinajstić information content (AvgIpc) is 2.76. The van der Waals surface area contributed by atoms with Gasteiger partial charge in [-0.25, -0.2) is 4.79 Å². The third-order valence-corrected chi connectivity index (χ3v) is 6.36. The summed E-state index contributed by atoms with van der Waals surface area (Å²) in [6, 6.07) is 3.76. The lowest BCUT2D eigenvalue weighted by Crippen LogP contribution is -2.51. The van der Waals surface area contributed by atoms with E-state index >= 15 is 0 Å². The van der Waals surface area contributed by atoms with E-state index in [1.165, 1.54) is 6.20 Å². The maximum absolute atomic E-state index is 11.7. The number of benzene rings is 1. The molecule has 0 saturated carbocycles. The molecule has 2 aliphatic heterocycles. The van der Waals surface area contributed by atoms with Crippen LogP contribution < -0.4 is 10.1 Å². The van der Waals surface area contributed by atoms with Crippen molar-refractivity contribution in [1.29, 1.82) is 0 Å². The van der Waals surface area contributed by atoms with Gasteiger partial charge in [-0.15, -0.1) is 0 Å². The Morgan fingerprint density at radius 1 is 1.28 bits per heavy atom. The molecule has 0 amide bonds. The molecule has 0 bridgehead atoms. The van der Waals surface area contributed by atoms with Crippen LogP contribution in [0.25, 0.3) is 5.70 Å². The molecular formula is C24H34N2O6.